The first-order valence-corrected chi connectivity index (χ1v) is 7.27. The highest BCUT2D eigenvalue weighted by molar-refractivity contribution is 5.70. The van der Waals surface area contributed by atoms with E-state index in [1.54, 1.807) is 13.8 Å². The Bertz CT molecular complexity index is 637. The summed E-state index contributed by atoms with van der Waals surface area (Å²) in [5.41, 5.74) is 4.29. The molecule has 0 radical (unpaired) electrons. The van der Waals surface area contributed by atoms with Gasteiger partial charge in [-0.15, -0.1) is 0 Å². The lowest BCUT2D eigenvalue weighted by molar-refractivity contribution is 0.199. The number of aliphatic hydroxyl groups is 1. The molecule has 0 aliphatic heterocycles. The van der Waals surface area contributed by atoms with E-state index in [0.29, 0.717) is 11.1 Å². The molecule has 0 saturated heterocycles. The number of hydrogen-bond acceptors (Lipinski definition) is 2. The summed E-state index contributed by atoms with van der Waals surface area (Å²) in [5.74, 6) is -0.282. The van der Waals surface area contributed by atoms with Gasteiger partial charge >= 0.3 is 0 Å². The second kappa shape index (κ2) is 6.27. The van der Waals surface area contributed by atoms with E-state index >= 15 is 0 Å². The highest BCUT2D eigenvalue weighted by Crippen LogP contribution is 2.35. The molecule has 2 aromatic rings. The van der Waals surface area contributed by atoms with Crippen LogP contribution < -0.4 is 4.90 Å². The van der Waals surface area contributed by atoms with Crippen molar-refractivity contribution in [1.82, 2.24) is 0 Å². The lowest BCUT2D eigenvalue weighted by atomic mass is 10.0. The fourth-order valence-corrected chi connectivity index (χ4v) is 2.59. The van der Waals surface area contributed by atoms with Crippen LogP contribution in [0.3, 0.4) is 0 Å². The predicted molar refractivity (Wildman–Crippen MR) is 85.6 cm³/mol. The van der Waals surface area contributed by atoms with Crippen LogP contribution in [0.2, 0.25) is 0 Å². The van der Waals surface area contributed by atoms with E-state index in [1.165, 1.54) is 6.07 Å². The highest BCUT2D eigenvalue weighted by atomic mass is 19.1. The Morgan fingerprint density at radius 3 is 2.33 bits per heavy atom. The Morgan fingerprint density at radius 1 is 1.10 bits per heavy atom. The molecule has 1 N–H and O–H groups in total. The zero-order valence-electron chi connectivity index (χ0n) is 13.0. The lowest BCUT2D eigenvalue weighted by Gasteiger charge is -2.28. The molecule has 3 heteroatoms. The van der Waals surface area contributed by atoms with Crippen LogP contribution in [0.15, 0.2) is 36.4 Å². The summed E-state index contributed by atoms with van der Waals surface area (Å²) in [5, 5.41) is 9.99. The van der Waals surface area contributed by atoms with Crippen LogP contribution in [0.4, 0.5) is 15.8 Å². The molecule has 0 amide bonds. The van der Waals surface area contributed by atoms with Crippen molar-refractivity contribution in [3.8, 4) is 0 Å². The first kappa shape index (κ1) is 15.5. The zero-order valence-corrected chi connectivity index (χ0v) is 13.0. The van der Waals surface area contributed by atoms with Gasteiger partial charge in [-0.05, 0) is 57.0 Å². The van der Waals surface area contributed by atoms with Crippen molar-refractivity contribution < 1.29 is 9.50 Å². The molecule has 2 nitrogen and oxygen atoms in total. The largest absolute Gasteiger partial charge is 0.389 e. The van der Waals surface area contributed by atoms with Crippen LogP contribution in [0.1, 0.15) is 36.6 Å². The fourth-order valence-electron chi connectivity index (χ4n) is 2.59. The maximum absolute atomic E-state index is 13.8. The Labute approximate surface area is 125 Å². The van der Waals surface area contributed by atoms with E-state index in [0.717, 1.165) is 23.5 Å². The third-order valence-electron chi connectivity index (χ3n) is 3.77. The normalized spacial score (nSPS) is 12.3. The van der Waals surface area contributed by atoms with Gasteiger partial charge in [-0.1, -0.05) is 18.2 Å². The topological polar surface area (TPSA) is 23.5 Å². The number of benzene rings is 2. The minimum Gasteiger partial charge on any atom is -0.389 e. The molecule has 0 fully saturated rings. The molecule has 0 aliphatic rings. The average molecular weight is 287 g/mol. The Morgan fingerprint density at radius 2 is 1.76 bits per heavy atom. The summed E-state index contributed by atoms with van der Waals surface area (Å²) < 4.78 is 13.8. The summed E-state index contributed by atoms with van der Waals surface area (Å²) in [4.78, 5) is 2.11. The molecule has 0 aliphatic carbocycles. The number of halogens is 1. The Balaban J connectivity index is 2.62. The number of aryl methyl sites for hydroxylation is 2. The highest BCUT2D eigenvalue weighted by Gasteiger charge is 2.18. The van der Waals surface area contributed by atoms with Crippen LogP contribution in [0.5, 0.6) is 0 Å². The second-order valence-electron chi connectivity index (χ2n) is 5.37. The Kier molecular flexibility index (Phi) is 4.63. The Hall–Kier alpha value is -1.87. The van der Waals surface area contributed by atoms with E-state index in [4.69, 9.17) is 0 Å². The standard InChI is InChI=1S/C18H22FNO/c1-5-20(17-9-7-6-8-12(17)2)18-10-13(3)16(19)11-15(18)14(4)21/h6-11,14,21H,5H2,1-4H3/t14-/m0/s1. The minimum absolute atomic E-state index is 0.282. The molecule has 2 aromatic carbocycles. The monoisotopic (exact) mass is 287 g/mol. The van der Waals surface area contributed by atoms with Crippen LogP contribution in [-0.4, -0.2) is 11.7 Å². The molecule has 0 spiro atoms. The molecule has 0 bridgehead atoms. The first-order chi connectivity index (χ1) is 9.95. The molecular weight excluding hydrogens is 265 g/mol. The summed E-state index contributed by atoms with van der Waals surface area (Å²) >= 11 is 0. The van der Waals surface area contributed by atoms with Gasteiger partial charge in [0, 0.05) is 23.5 Å². The molecule has 0 aromatic heterocycles. The van der Waals surface area contributed by atoms with Gasteiger partial charge in [-0.2, -0.15) is 0 Å². The zero-order chi connectivity index (χ0) is 15.6. The molecule has 0 unspecified atom stereocenters. The fraction of sp³-hybridized carbons (Fsp3) is 0.333. The molecule has 1 atom stereocenters. The summed E-state index contributed by atoms with van der Waals surface area (Å²) in [6.45, 7) is 8.26. The van der Waals surface area contributed by atoms with Crippen LogP contribution in [0, 0.1) is 19.7 Å². The van der Waals surface area contributed by atoms with Gasteiger partial charge < -0.3 is 10.0 Å². The van der Waals surface area contributed by atoms with Crippen LogP contribution >= 0.6 is 0 Å². The van der Waals surface area contributed by atoms with Gasteiger partial charge in [-0.3, -0.25) is 0 Å². The maximum atomic E-state index is 13.8. The van der Waals surface area contributed by atoms with Crippen molar-refractivity contribution in [3.05, 3.63) is 58.9 Å². The van der Waals surface area contributed by atoms with E-state index in [-0.39, 0.29) is 5.82 Å². The van der Waals surface area contributed by atoms with E-state index < -0.39 is 6.10 Å². The first-order valence-electron chi connectivity index (χ1n) is 7.27. The molecule has 21 heavy (non-hydrogen) atoms. The minimum atomic E-state index is -0.715. The van der Waals surface area contributed by atoms with E-state index in [2.05, 4.69) is 24.8 Å². The van der Waals surface area contributed by atoms with Crippen molar-refractivity contribution >= 4 is 11.4 Å². The number of rotatable bonds is 4. The van der Waals surface area contributed by atoms with Crippen molar-refractivity contribution in [2.75, 3.05) is 11.4 Å². The molecule has 0 saturated carbocycles. The van der Waals surface area contributed by atoms with Gasteiger partial charge in [0.1, 0.15) is 5.82 Å². The number of anilines is 2. The quantitative estimate of drug-likeness (QED) is 0.884. The number of hydrogen-bond donors (Lipinski definition) is 1. The second-order valence-corrected chi connectivity index (χ2v) is 5.37. The van der Waals surface area contributed by atoms with E-state index in [9.17, 15) is 9.50 Å². The third-order valence-corrected chi connectivity index (χ3v) is 3.77. The van der Waals surface area contributed by atoms with E-state index in [1.807, 2.05) is 24.3 Å². The average Bonchev–Trinajstić information content (AvgIpc) is 2.44. The van der Waals surface area contributed by atoms with Crippen molar-refractivity contribution in [1.29, 1.82) is 0 Å². The lowest BCUT2D eigenvalue weighted by Crippen LogP contribution is -2.19. The van der Waals surface area contributed by atoms with Gasteiger partial charge in [0.05, 0.1) is 6.10 Å². The summed E-state index contributed by atoms with van der Waals surface area (Å²) in [6.07, 6.45) is -0.715. The van der Waals surface area contributed by atoms with Gasteiger partial charge in [0.2, 0.25) is 0 Å². The maximum Gasteiger partial charge on any atom is 0.126 e. The smallest absolute Gasteiger partial charge is 0.126 e. The SMILES string of the molecule is CCN(c1ccccc1C)c1cc(C)c(F)cc1[C@H](C)O. The van der Waals surface area contributed by atoms with Gasteiger partial charge in [0.25, 0.3) is 0 Å². The van der Waals surface area contributed by atoms with Gasteiger partial charge in [0.15, 0.2) is 0 Å². The van der Waals surface area contributed by atoms with Crippen LogP contribution in [0.25, 0.3) is 0 Å². The molecule has 112 valence electrons. The van der Waals surface area contributed by atoms with Crippen molar-refractivity contribution in [2.24, 2.45) is 0 Å². The van der Waals surface area contributed by atoms with Crippen molar-refractivity contribution in [2.45, 2.75) is 33.8 Å². The number of para-hydroxylation sites is 1. The summed E-state index contributed by atoms with van der Waals surface area (Å²) in [7, 11) is 0. The molecule has 0 heterocycles. The van der Waals surface area contributed by atoms with Crippen LogP contribution in [-0.2, 0) is 0 Å². The number of aliphatic hydroxyl groups excluding tert-OH is 1. The van der Waals surface area contributed by atoms with Gasteiger partial charge in [-0.25, -0.2) is 4.39 Å². The number of nitrogens with zero attached hydrogens (tertiary/aromatic N) is 1. The molecule has 2 rings (SSSR count). The molecular formula is C18H22FNO. The third kappa shape index (κ3) is 3.08. The van der Waals surface area contributed by atoms with Crippen molar-refractivity contribution in [3.63, 3.8) is 0 Å². The predicted octanol–water partition coefficient (Wildman–Crippen LogP) is 4.65. The summed E-state index contributed by atoms with van der Waals surface area (Å²) in [6, 6.07) is 11.3.